The van der Waals surface area contributed by atoms with Crippen molar-refractivity contribution in [1.29, 1.82) is 0 Å². The molecule has 2 rings (SSSR count). The minimum atomic E-state index is -0.127. The van der Waals surface area contributed by atoms with Crippen molar-refractivity contribution in [2.24, 2.45) is 17.6 Å². The summed E-state index contributed by atoms with van der Waals surface area (Å²) in [5.41, 5.74) is 5.73. The fourth-order valence-corrected chi connectivity index (χ4v) is 3.01. The minimum absolute atomic E-state index is 0.0588. The molecule has 122 valence electrons. The van der Waals surface area contributed by atoms with Crippen LogP contribution in [0.2, 0.25) is 0 Å². The van der Waals surface area contributed by atoms with E-state index in [4.69, 9.17) is 15.2 Å². The predicted octanol–water partition coefficient (Wildman–Crippen LogP) is 1.95. The van der Waals surface area contributed by atoms with E-state index in [-0.39, 0.29) is 17.9 Å². The number of nitrogens with two attached hydrogens (primary N) is 1. The highest BCUT2D eigenvalue weighted by Crippen LogP contribution is 2.31. The molecule has 0 saturated heterocycles. The molecular weight excluding hydrogens is 280 g/mol. The van der Waals surface area contributed by atoms with Crippen LogP contribution in [-0.4, -0.2) is 32.2 Å². The van der Waals surface area contributed by atoms with Crippen LogP contribution in [0.25, 0.3) is 0 Å². The summed E-state index contributed by atoms with van der Waals surface area (Å²) in [5, 5.41) is 2.99. The Morgan fingerprint density at radius 2 is 2.09 bits per heavy atom. The number of carbonyl (C=O) groups excluding carboxylic acids is 1. The molecule has 1 aliphatic carbocycles. The van der Waals surface area contributed by atoms with E-state index in [9.17, 15) is 4.79 Å². The molecule has 0 aliphatic heterocycles. The van der Waals surface area contributed by atoms with E-state index in [1.165, 1.54) is 0 Å². The summed E-state index contributed by atoms with van der Waals surface area (Å²) >= 11 is 0. The highest BCUT2D eigenvalue weighted by molar-refractivity contribution is 5.79. The summed E-state index contributed by atoms with van der Waals surface area (Å²) in [6, 6.07) is 7.50. The number of nitrogens with one attached hydrogen (secondary N) is 1. The van der Waals surface area contributed by atoms with Crippen molar-refractivity contribution in [1.82, 2.24) is 5.32 Å². The van der Waals surface area contributed by atoms with Gasteiger partial charge in [0, 0.05) is 5.92 Å². The third-order valence-electron chi connectivity index (χ3n) is 4.26. The lowest BCUT2D eigenvalue weighted by Crippen LogP contribution is -2.39. The Kier molecular flexibility index (Phi) is 6.07. The first-order valence-electron chi connectivity index (χ1n) is 7.93. The predicted molar refractivity (Wildman–Crippen MR) is 86.0 cm³/mol. The van der Waals surface area contributed by atoms with Crippen molar-refractivity contribution in [3.8, 4) is 11.5 Å². The zero-order valence-corrected chi connectivity index (χ0v) is 13.4. The van der Waals surface area contributed by atoms with Crippen LogP contribution in [0.15, 0.2) is 24.3 Å². The van der Waals surface area contributed by atoms with Gasteiger partial charge in [0.15, 0.2) is 11.5 Å². The maximum atomic E-state index is 12.2. The molecule has 1 fully saturated rings. The lowest BCUT2D eigenvalue weighted by atomic mass is 9.95. The van der Waals surface area contributed by atoms with Gasteiger partial charge in [0.25, 0.3) is 0 Å². The van der Waals surface area contributed by atoms with Crippen LogP contribution in [0.5, 0.6) is 11.5 Å². The number of rotatable bonds is 7. The summed E-state index contributed by atoms with van der Waals surface area (Å²) < 4.78 is 11.1. The molecule has 0 spiro atoms. The number of methoxy groups -OCH3 is 1. The molecular formula is C17H26N2O3. The van der Waals surface area contributed by atoms with Crippen LogP contribution in [0.3, 0.4) is 0 Å². The SMILES string of the molecule is COc1ccccc1OC(C)CNC(=O)[C@@H]1CCC[C@@H]1CN. The number of benzene rings is 1. The van der Waals surface area contributed by atoms with Gasteiger partial charge < -0.3 is 20.5 Å². The van der Waals surface area contributed by atoms with Crippen molar-refractivity contribution in [3.05, 3.63) is 24.3 Å². The Bertz CT molecular complexity index is 493. The van der Waals surface area contributed by atoms with Gasteiger partial charge in [-0.05, 0) is 44.4 Å². The molecule has 3 N–H and O–H groups in total. The molecule has 1 aliphatic rings. The van der Waals surface area contributed by atoms with E-state index in [2.05, 4.69) is 5.32 Å². The Morgan fingerprint density at radius 3 is 2.77 bits per heavy atom. The van der Waals surface area contributed by atoms with Gasteiger partial charge in [-0.25, -0.2) is 0 Å². The van der Waals surface area contributed by atoms with Crippen LogP contribution in [-0.2, 0) is 4.79 Å². The molecule has 0 radical (unpaired) electrons. The number of hydrogen-bond acceptors (Lipinski definition) is 4. The lowest BCUT2D eigenvalue weighted by molar-refractivity contribution is -0.126. The highest BCUT2D eigenvalue weighted by atomic mass is 16.5. The summed E-state index contributed by atoms with van der Waals surface area (Å²) in [7, 11) is 1.61. The summed E-state index contributed by atoms with van der Waals surface area (Å²) in [5.74, 6) is 1.87. The third-order valence-corrected chi connectivity index (χ3v) is 4.26. The van der Waals surface area contributed by atoms with Gasteiger partial charge in [-0.3, -0.25) is 4.79 Å². The zero-order valence-electron chi connectivity index (χ0n) is 13.4. The average molecular weight is 306 g/mol. The molecule has 0 heterocycles. The third kappa shape index (κ3) is 4.13. The molecule has 5 heteroatoms. The molecule has 22 heavy (non-hydrogen) atoms. The molecule has 0 bridgehead atoms. The van der Waals surface area contributed by atoms with Crippen LogP contribution >= 0.6 is 0 Å². The van der Waals surface area contributed by atoms with Crippen molar-refractivity contribution in [2.75, 3.05) is 20.2 Å². The van der Waals surface area contributed by atoms with Gasteiger partial charge in [0.2, 0.25) is 5.91 Å². The van der Waals surface area contributed by atoms with Crippen molar-refractivity contribution in [3.63, 3.8) is 0 Å². The fourth-order valence-electron chi connectivity index (χ4n) is 3.01. The molecule has 1 aromatic carbocycles. The maximum Gasteiger partial charge on any atom is 0.223 e. The minimum Gasteiger partial charge on any atom is -0.493 e. The Morgan fingerprint density at radius 1 is 1.36 bits per heavy atom. The molecule has 1 saturated carbocycles. The van der Waals surface area contributed by atoms with Crippen molar-refractivity contribution < 1.29 is 14.3 Å². The monoisotopic (exact) mass is 306 g/mol. The number of para-hydroxylation sites is 2. The second-order valence-corrected chi connectivity index (χ2v) is 5.86. The van der Waals surface area contributed by atoms with Crippen LogP contribution in [0.1, 0.15) is 26.2 Å². The van der Waals surface area contributed by atoms with Crippen LogP contribution in [0, 0.1) is 11.8 Å². The Balaban J connectivity index is 1.82. The summed E-state index contributed by atoms with van der Waals surface area (Å²) in [6.07, 6.45) is 2.96. The van der Waals surface area contributed by atoms with Crippen LogP contribution in [0.4, 0.5) is 0 Å². The van der Waals surface area contributed by atoms with Gasteiger partial charge in [-0.2, -0.15) is 0 Å². The molecule has 0 aromatic heterocycles. The first kappa shape index (κ1) is 16.6. The first-order valence-corrected chi connectivity index (χ1v) is 7.93. The lowest BCUT2D eigenvalue weighted by Gasteiger charge is -2.20. The molecule has 1 aromatic rings. The van der Waals surface area contributed by atoms with Gasteiger partial charge in [-0.15, -0.1) is 0 Å². The van der Waals surface area contributed by atoms with Gasteiger partial charge in [-0.1, -0.05) is 18.6 Å². The quantitative estimate of drug-likeness (QED) is 0.807. The van der Waals surface area contributed by atoms with E-state index in [0.717, 1.165) is 19.3 Å². The number of hydrogen-bond donors (Lipinski definition) is 2. The summed E-state index contributed by atoms with van der Waals surface area (Å²) in [4.78, 5) is 12.2. The largest absolute Gasteiger partial charge is 0.493 e. The second kappa shape index (κ2) is 8.03. The first-order chi connectivity index (χ1) is 10.7. The average Bonchev–Trinajstić information content (AvgIpc) is 3.01. The molecule has 3 atom stereocenters. The number of amides is 1. The Labute approximate surface area is 132 Å². The normalized spacial score (nSPS) is 22.1. The van der Waals surface area contributed by atoms with E-state index >= 15 is 0 Å². The standard InChI is InChI=1S/C17H26N2O3/c1-12(22-16-9-4-3-8-15(16)21-2)11-19-17(20)14-7-5-6-13(14)10-18/h3-4,8-9,12-14H,5-7,10-11,18H2,1-2H3,(H,19,20)/t12?,13-,14-/m1/s1. The van der Waals surface area contributed by atoms with E-state index in [1.807, 2.05) is 31.2 Å². The number of carbonyl (C=O) groups is 1. The topological polar surface area (TPSA) is 73.6 Å². The van der Waals surface area contributed by atoms with E-state index in [0.29, 0.717) is 30.5 Å². The van der Waals surface area contributed by atoms with Crippen molar-refractivity contribution >= 4 is 5.91 Å². The van der Waals surface area contributed by atoms with Crippen LogP contribution < -0.4 is 20.5 Å². The van der Waals surface area contributed by atoms with E-state index < -0.39 is 0 Å². The second-order valence-electron chi connectivity index (χ2n) is 5.86. The smallest absolute Gasteiger partial charge is 0.223 e. The highest BCUT2D eigenvalue weighted by Gasteiger charge is 2.31. The number of ether oxygens (including phenoxy) is 2. The Hall–Kier alpha value is -1.75. The molecule has 1 unspecified atom stereocenters. The van der Waals surface area contributed by atoms with E-state index in [1.54, 1.807) is 7.11 Å². The summed E-state index contributed by atoms with van der Waals surface area (Å²) in [6.45, 7) is 3.00. The van der Waals surface area contributed by atoms with Crippen molar-refractivity contribution in [2.45, 2.75) is 32.3 Å². The molecule has 5 nitrogen and oxygen atoms in total. The van der Waals surface area contributed by atoms with Gasteiger partial charge in [0.1, 0.15) is 6.10 Å². The molecule has 1 amide bonds. The van der Waals surface area contributed by atoms with Gasteiger partial charge >= 0.3 is 0 Å². The van der Waals surface area contributed by atoms with Gasteiger partial charge in [0.05, 0.1) is 13.7 Å². The zero-order chi connectivity index (χ0) is 15.9. The fraction of sp³-hybridized carbons (Fsp3) is 0.588. The maximum absolute atomic E-state index is 12.2.